The first-order valence-corrected chi connectivity index (χ1v) is 10.4. The van der Waals surface area contributed by atoms with E-state index in [1.54, 1.807) is 7.11 Å². The lowest BCUT2D eigenvalue weighted by Crippen LogP contribution is -2.27. The molecule has 1 aliphatic carbocycles. The Balaban J connectivity index is 2.12. The van der Waals surface area contributed by atoms with Gasteiger partial charge in [-0.15, -0.1) is 6.58 Å². The molecule has 1 nitrogen and oxygen atoms in total. The van der Waals surface area contributed by atoms with Gasteiger partial charge in [-0.05, 0) is 78.3 Å². The molecular weight excluding hydrogens is 408 g/mol. The predicted octanol–water partition coefficient (Wildman–Crippen LogP) is 7.36. The van der Waals surface area contributed by atoms with E-state index >= 15 is 0 Å². The largest absolute Gasteiger partial charge is 0.496 e. The summed E-state index contributed by atoms with van der Waals surface area (Å²) >= 11 is 3.71. The van der Waals surface area contributed by atoms with Gasteiger partial charge in [0.15, 0.2) is 0 Å². The van der Waals surface area contributed by atoms with Crippen molar-refractivity contribution in [3.05, 3.63) is 99.0 Å². The van der Waals surface area contributed by atoms with Gasteiger partial charge < -0.3 is 4.74 Å². The van der Waals surface area contributed by atoms with Crippen LogP contribution in [0.25, 0.3) is 11.1 Å². The Morgan fingerprint density at radius 3 is 2.25 bits per heavy atom. The van der Waals surface area contributed by atoms with E-state index in [2.05, 4.69) is 97.9 Å². The van der Waals surface area contributed by atoms with Crippen LogP contribution in [0.15, 0.2) is 71.2 Å². The number of halogens is 1. The SMILES string of the molecule is C=C(C)CC1(c2cc(C)c(OC)c(C)c2)c2ccccc2-c2ccc(Br)cc21. The molecule has 1 atom stereocenters. The first kappa shape index (κ1) is 19.0. The van der Waals surface area contributed by atoms with Gasteiger partial charge in [-0.2, -0.15) is 0 Å². The molecule has 2 heteroatoms. The van der Waals surface area contributed by atoms with Crippen molar-refractivity contribution < 1.29 is 4.74 Å². The molecule has 0 amide bonds. The summed E-state index contributed by atoms with van der Waals surface area (Å²) in [6.07, 6.45) is 0.874. The van der Waals surface area contributed by atoms with Crippen LogP contribution < -0.4 is 4.74 Å². The first-order valence-electron chi connectivity index (χ1n) is 9.58. The third kappa shape index (κ3) is 2.74. The van der Waals surface area contributed by atoms with Crippen molar-refractivity contribution >= 4 is 15.9 Å². The Kier molecular flexibility index (Phi) is 4.71. The maximum absolute atomic E-state index is 5.64. The molecule has 28 heavy (non-hydrogen) atoms. The molecule has 0 fully saturated rings. The van der Waals surface area contributed by atoms with E-state index in [9.17, 15) is 0 Å². The molecule has 0 spiro atoms. The number of methoxy groups -OCH3 is 1. The van der Waals surface area contributed by atoms with Crippen molar-refractivity contribution in [2.24, 2.45) is 0 Å². The minimum Gasteiger partial charge on any atom is -0.496 e. The number of hydrogen-bond donors (Lipinski definition) is 0. The van der Waals surface area contributed by atoms with E-state index < -0.39 is 0 Å². The van der Waals surface area contributed by atoms with E-state index in [1.165, 1.54) is 44.5 Å². The lowest BCUT2D eigenvalue weighted by atomic mass is 9.68. The molecule has 3 aromatic rings. The summed E-state index contributed by atoms with van der Waals surface area (Å²) in [5.74, 6) is 0.968. The molecule has 0 saturated carbocycles. The van der Waals surface area contributed by atoms with Gasteiger partial charge in [-0.25, -0.2) is 0 Å². The highest BCUT2D eigenvalue weighted by atomic mass is 79.9. The zero-order valence-electron chi connectivity index (χ0n) is 16.9. The fourth-order valence-corrected chi connectivity index (χ4v) is 5.28. The highest BCUT2D eigenvalue weighted by molar-refractivity contribution is 9.10. The molecule has 0 heterocycles. The number of ether oxygens (including phenoxy) is 1. The molecule has 1 aliphatic rings. The molecule has 0 N–H and O–H groups in total. The number of benzene rings is 3. The van der Waals surface area contributed by atoms with Gasteiger partial charge in [-0.3, -0.25) is 0 Å². The number of fused-ring (bicyclic) bond motifs is 3. The average Bonchev–Trinajstić information content (AvgIpc) is 2.91. The van der Waals surface area contributed by atoms with Crippen LogP contribution in [-0.4, -0.2) is 7.11 Å². The molecule has 1 unspecified atom stereocenters. The van der Waals surface area contributed by atoms with E-state index in [4.69, 9.17) is 4.74 Å². The minimum atomic E-state index is -0.247. The summed E-state index contributed by atoms with van der Waals surface area (Å²) in [5.41, 5.74) is 9.89. The Bertz CT molecular complexity index is 1070. The van der Waals surface area contributed by atoms with Crippen LogP contribution in [0.1, 0.15) is 41.2 Å². The molecule has 142 valence electrons. The van der Waals surface area contributed by atoms with E-state index in [-0.39, 0.29) is 5.41 Å². The van der Waals surface area contributed by atoms with Crippen LogP contribution in [0.2, 0.25) is 0 Å². The summed E-state index contributed by atoms with van der Waals surface area (Å²) in [4.78, 5) is 0. The van der Waals surface area contributed by atoms with E-state index in [0.717, 1.165) is 16.6 Å². The molecule has 3 aromatic carbocycles. The Morgan fingerprint density at radius 1 is 0.964 bits per heavy atom. The Hall–Kier alpha value is -2.32. The smallest absolute Gasteiger partial charge is 0.124 e. The molecule has 0 aromatic heterocycles. The van der Waals surface area contributed by atoms with Crippen molar-refractivity contribution in [2.75, 3.05) is 7.11 Å². The summed E-state index contributed by atoms with van der Waals surface area (Å²) in [6, 6.07) is 20.0. The average molecular weight is 433 g/mol. The van der Waals surface area contributed by atoms with Crippen molar-refractivity contribution in [1.82, 2.24) is 0 Å². The zero-order chi connectivity index (χ0) is 20.1. The van der Waals surface area contributed by atoms with E-state index in [1.807, 2.05) is 0 Å². The molecule has 0 aliphatic heterocycles. The molecular formula is C26H25BrO. The van der Waals surface area contributed by atoms with Gasteiger partial charge in [0.1, 0.15) is 5.75 Å². The number of aryl methyl sites for hydroxylation is 2. The maximum atomic E-state index is 5.64. The van der Waals surface area contributed by atoms with E-state index in [0.29, 0.717) is 0 Å². The van der Waals surface area contributed by atoms with Crippen LogP contribution in [0, 0.1) is 13.8 Å². The van der Waals surface area contributed by atoms with Gasteiger partial charge in [0.25, 0.3) is 0 Å². The lowest BCUT2D eigenvalue weighted by molar-refractivity contribution is 0.408. The van der Waals surface area contributed by atoms with Gasteiger partial charge in [0, 0.05) is 4.47 Å². The maximum Gasteiger partial charge on any atom is 0.124 e. The summed E-state index contributed by atoms with van der Waals surface area (Å²) in [7, 11) is 1.75. The predicted molar refractivity (Wildman–Crippen MR) is 121 cm³/mol. The second-order valence-corrected chi connectivity index (χ2v) is 8.83. The quantitative estimate of drug-likeness (QED) is 0.391. The van der Waals surface area contributed by atoms with Crippen molar-refractivity contribution in [2.45, 2.75) is 32.6 Å². The standard InChI is InChI=1S/C26H25BrO/c1-16(2)15-26(19-12-17(3)25(28-5)18(4)13-19)23-9-7-6-8-21(23)22-11-10-20(27)14-24(22)26/h6-14H,1,15H2,2-5H3. The summed E-state index contributed by atoms with van der Waals surface area (Å²) in [5, 5.41) is 0. The van der Waals surface area contributed by atoms with Crippen LogP contribution in [0.3, 0.4) is 0 Å². The molecule has 4 rings (SSSR count). The summed E-state index contributed by atoms with van der Waals surface area (Å²) in [6.45, 7) is 10.7. The van der Waals surface area contributed by atoms with Gasteiger partial charge in [-0.1, -0.05) is 64.0 Å². The molecule has 0 radical (unpaired) electrons. The zero-order valence-corrected chi connectivity index (χ0v) is 18.5. The van der Waals surface area contributed by atoms with Gasteiger partial charge in [0.05, 0.1) is 12.5 Å². The second-order valence-electron chi connectivity index (χ2n) is 7.92. The normalized spacial score (nSPS) is 17.2. The highest BCUT2D eigenvalue weighted by Crippen LogP contribution is 2.56. The molecule has 0 saturated heterocycles. The fourth-order valence-electron chi connectivity index (χ4n) is 4.91. The van der Waals surface area contributed by atoms with Crippen LogP contribution >= 0.6 is 15.9 Å². The number of allylic oxidation sites excluding steroid dienone is 1. The fraction of sp³-hybridized carbons (Fsp3) is 0.231. The van der Waals surface area contributed by atoms with Crippen LogP contribution in [0.4, 0.5) is 0 Å². The third-order valence-corrected chi connectivity index (χ3v) is 6.34. The second kappa shape index (κ2) is 6.93. The topological polar surface area (TPSA) is 9.23 Å². The Morgan fingerprint density at radius 2 is 1.61 bits per heavy atom. The van der Waals surface area contributed by atoms with Crippen molar-refractivity contribution in [3.63, 3.8) is 0 Å². The van der Waals surface area contributed by atoms with Crippen molar-refractivity contribution in [3.8, 4) is 16.9 Å². The lowest BCUT2D eigenvalue weighted by Gasteiger charge is -2.34. The van der Waals surface area contributed by atoms with Gasteiger partial charge >= 0.3 is 0 Å². The van der Waals surface area contributed by atoms with Gasteiger partial charge in [0.2, 0.25) is 0 Å². The third-order valence-electron chi connectivity index (χ3n) is 5.84. The minimum absolute atomic E-state index is 0.247. The monoisotopic (exact) mass is 432 g/mol. The molecule has 0 bridgehead atoms. The van der Waals surface area contributed by atoms with Crippen LogP contribution in [0.5, 0.6) is 5.75 Å². The Labute approximate surface area is 176 Å². The number of hydrogen-bond acceptors (Lipinski definition) is 1. The number of rotatable bonds is 4. The van der Waals surface area contributed by atoms with Crippen molar-refractivity contribution in [1.29, 1.82) is 0 Å². The summed E-state index contributed by atoms with van der Waals surface area (Å²) < 4.78 is 6.74. The first-order chi connectivity index (χ1) is 13.4. The van der Waals surface area contributed by atoms with Crippen LogP contribution in [-0.2, 0) is 5.41 Å². The highest BCUT2D eigenvalue weighted by Gasteiger charge is 2.44.